The lowest BCUT2D eigenvalue weighted by atomic mass is 10.1. The molecule has 1 aliphatic carbocycles. The molecule has 6 heteroatoms. The maximum atomic E-state index is 13.1. The SMILES string of the molecule is CCOc1cc(/C=c2/sc3nc4c(C)c(C)ccc4n3c2=O)ccc1OCC1CC1. The van der Waals surface area contributed by atoms with E-state index in [1.807, 2.05) is 50.3 Å². The number of imidazole rings is 1. The van der Waals surface area contributed by atoms with Gasteiger partial charge in [-0.1, -0.05) is 23.5 Å². The van der Waals surface area contributed by atoms with Gasteiger partial charge in [0.1, 0.15) is 0 Å². The molecular formula is C24H24N2O3S. The van der Waals surface area contributed by atoms with Crippen LogP contribution in [0.4, 0.5) is 0 Å². The number of aryl methyl sites for hydroxylation is 2. The summed E-state index contributed by atoms with van der Waals surface area (Å²) < 4.78 is 14.1. The van der Waals surface area contributed by atoms with E-state index in [0.717, 1.165) is 45.2 Å². The van der Waals surface area contributed by atoms with Gasteiger partial charge >= 0.3 is 0 Å². The van der Waals surface area contributed by atoms with Crippen LogP contribution in [-0.2, 0) is 0 Å². The molecule has 0 aliphatic heterocycles. The van der Waals surface area contributed by atoms with Crippen LogP contribution in [0.5, 0.6) is 11.5 Å². The average Bonchev–Trinajstić information content (AvgIpc) is 3.42. The normalized spacial score (nSPS) is 14.7. The predicted octanol–water partition coefficient (Wildman–Crippen LogP) is 4.26. The highest BCUT2D eigenvalue weighted by Gasteiger charge is 2.22. The van der Waals surface area contributed by atoms with Crippen molar-refractivity contribution in [3.8, 4) is 11.5 Å². The number of rotatable bonds is 6. The monoisotopic (exact) mass is 420 g/mol. The van der Waals surface area contributed by atoms with Gasteiger partial charge in [-0.25, -0.2) is 9.38 Å². The lowest BCUT2D eigenvalue weighted by molar-refractivity contribution is 0.267. The molecule has 0 radical (unpaired) electrons. The Bertz CT molecular complexity index is 1370. The number of benzene rings is 2. The summed E-state index contributed by atoms with van der Waals surface area (Å²) in [7, 11) is 0. The molecule has 1 aliphatic rings. The third-order valence-electron chi connectivity index (χ3n) is 5.67. The van der Waals surface area contributed by atoms with E-state index in [1.165, 1.54) is 29.7 Å². The van der Waals surface area contributed by atoms with Crippen LogP contribution < -0.4 is 19.6 Å². The molecule has 2 aromatic carbocycles. The van der Waals surface area contributed by atoms with Crippen LogP contribution in [0, 0.1) is 19.8 Å². The number of nitrogens with zero attached hydrogens (tertiary/aromatic N) is 2. The van der Waals surface area contributed by atoms with Gasteiger partial charge in [0.2, 0.25) is 0 Å². The standard InChI is InChI=1S/C24H24N2O3S/c1-4-28-20-11-17(8-10-19(20)29-13-16-6-7-16)12-21-23(27)26-18-9-5-14(2)15(3)22(18)25-24(26)30-21/h5,8-12,16H,4,6-7,13H2,1-3H3/b21-12+. The van der Waals surface area contributed by atoms with Crippen molar-refractivity contribution in [1.82, 2.24) is 9.38 Å². The highest BCUT2D eigenvalue weighted by Crippen LogP contribution is 2.33. The van der Waals surface area contributed by atoms with Crippen molar-refractivity contribution in [2.45, 2.75) is 33.6 Å². The molecule has 0 bridgehead atoms. The van der Waals surface area contributed by atoms with E-state index < -0.39 is 0 Å². The summed E-state index contributed by atoms with van der Waals surface area (Å²) in [5, 5.41) is 0. The second-order valence-corrected chi connectivity index (χ2v) is 8.92. The van der Waals surface area contributed by atoms with Gasteiger partial charge in [0, 0.05) is 0 Å². The van der Waals surface area contributed by atoms with Crippen LogP contribution >= 0.6 is 11.3 Å². The van der Waals surface area contributed by atoms with E-state index in [9.17, 15) is 4.79 Å². The Morgan fingerprint density at radius 1 is 1.17 bits per heavy atom. The maximum Gasteiger partial charge on any atom is 0.274 e. The first kappa shape index (κ1) is 19.1. The van der Waals surface area contributed by atoms with E-state index in [1.54, 1.807) is 4.40 Å². The van der Waals surface area contributed by atoms with Crippen molar-refractivity contribution in [3.05, 3.63) is 61.9 Å². The lowest BCUT2D eigenvalue weighted by Crippen LogP contribution is -2.22. The van der Waals surface area contributed by atoms with E-state index in [0.29, 0.717) is 17.1 Å². The summed E-state index contributed by atoms with van der Waals surface area (Å²) in [4.78, 5) is 18.6. The highest BCUT2D eigenvalue weighted by molar-refractivity contribution is 7.15. The lowest BCUT2D eigenvalue weighted by Gasteiger charge is -2.12. The van der Waals surface area contributed by atoms with Gasteiger partial charge in [-0.15, -0.1) is 0 Å². The number of ether oxygens (including phenoxy) is 2. The molecule has 1 saturated carbocycles. The number of aromatic nitrogens is 2. The minimum atomic E-state index is -0.0345. The average molecular weight is 421 g/mol. The maximum absolute atomic E-state index is 13.1. The van der Waals surface area contributed by atoms with Crippen LogP contribution in [0.3, 0.4) is 0 Å². The fourth-order valence-corrected chi connectivity index (χ4v) is 4.59. The summed E-state index contributed by atoms with van der Waals surface area (Å²) in [5.41, 5.74) is 4.95. The van der Waals surface area contributed by atoms with Crippen molar-refractivity contribution in [1.29, 1.82) is 0 Å². The van der Waals surface area contributed by atoms with Crippen molar-refractivity contribution in [2.75, 3.05) is 13.2 Å². The largest absolute Gasteiger partial charge is 0.490 e. The second kappa shape index (κ2) is 7.43. The molecule has 5 nitrogen and oxygen atoms in total. The predicted molar refractivity (Wildman–Crippen MR) is 121 cm³/mol. The molecular weight excluding hydrogens is 396 g/mol. The molecule has 1 fully saturated rings. The molecule has 0 N–H and O–H groups in total. The third kappa shape index (κ3) is 3.35. The van der Waals surface area contributed by atoms with Gasteiger partial charge < -0.3 is 9.47 Å². The summed E-state index contributed by atoms with van der Waals surface area (Å²) >= 11 is 1.42. The number of hydrogen-bond acceptors (Lipinski definition) is 5. The van der Waals surface area contributed by atoms with E-state index in [4.69, 9.17) is 14.5 Å². The third-order valence-corrected chi connectivity index (χ3v) is 6.64. The Kier molecular flexibility index (Phi) is 4.74. The van der Waals surface area contributed by atoms with Crippen molar-refractivity contribution in [2.24, 2.45) is 5.92 Å². The zero-order chi connectivity index (χ0) is 20.8. The van der Waals surface area contributed by atoms with Gasteiger partial charge in [0.15, 0.2) is 16.5 Å². The van der Waals surface area contributed by atoms with Crippen molar-refractivity contribution < 1.29 is 9.47 Å². The minimum absolute atomic E-state index is 0.0345. The van der Waals surface area contributed by atoms with Crippen LogP contribution in [0.2, 0.25) is 0 Å². The Morgan fingerprint density at radius 3 is 2.77 bits per heavy atom. The Balaban J connectivity index is 1.56. The smallest absolute Gasteiger partial charge is 0.274 e. The fourth-order valence-electron chi connectivity index (χ4n) is 3.61. The minimum Gasteiger partial charge on any atom is -0.490 e. The van der Waals surface area contributed by atoms with Crippen LogP contribution in [0.15, 0.2) is 35.1 Å². The van der Waals surface area contributed by atoms with Crippen LogP contribution in [0.1, 0.15) is 36.5 Å². The molecule has 0 atom stereocenters. The summed E-state index contributed by atoms with van der Waals surface area (Å²) in [6, 6.07) is 9.87. The molecule has 4 aromatic rings. The summed E-state index contributed by atoms with van der Waals surface area (Å²) in [6.07, 6.45) is 4.40. The van der Waals surface area contributed by atoms with Crippen LogP contribution in [-0.4, -0.2) is 22.6 Å². The van der Waals surface area contributed by atoms with Gasteiger partial charge in [-0.3, -0.25) is 4.79 Å². The van der Waals surface area contributed by atoms with Crippen LogP contribution in [0.25, 0.3) is 22.1 Å². The molecule has 2 aromatic heterocycles. The quantitative estimate of drug-likeness (QED) is 0.468. The fraction of sp³-hybridized carbons (Fsp3) is 0.333. The van der Waals surface area contributed by atoms with Crippen molar-refractivity contribution >= 4 is 33.4 Å². The molecule has 0 saturated heterocycles. The number of fused-ring (bicyclic) bond motifs is 3. The molecule has 0 spiro atoms. The Hall–Kier alpha value is -2.86. The van der Waals surface area contributed by atoms with Crippen molar-refractivity contribution in [3.63, 3.8) is 0 Å². The zero-order valence-corrected chi connectivity index (χ0v) is 18.2. The first-order chi connectivity index (χ1) is 14.5. The van der Waals surface area contributed by atoms with E-state index >= 15 is 0 Å². The Morgan fingerprint density at radius 2 is 2.00 bits per heavy atom. The molecule has 0 amide bonds. The molecule has 2 heterocycles. The first-order valence-electron chi connectivity index (χ1n) is 10.4. The number of hydrogen-bond donors (Lipinski definition) is 0. The van der Waals surface area contributed by atoms with Gasteiger partial charge in [0.05, 0.1) is 28.8 Å². The zero-order valence-electron chi connectivity index (χ0n) is 17.4. The Labute approximate surface area is 178 Å². The van der Waals surface area contributed by atoms with Gasteiger partial charge in [0.25, 0.3) is 5.56 Å². The summed E-state index contributed by atoms with van der Waals surface area (Å²) in [5.74, 6) is 2.16. The molecule has 154 valence electrons. The second-order valence-electron chi connectivity index (χ2n) is 7.91. The first-order valence-corrected chi connectivity index (χ1v) is 11.2. The molecule has 0 unspecified atom stereocenters. The molecule has 5 rings (SSSR count). The molecule has 30 heavy (non-hydrogen) atoms. The van der Waals surface area contributed by atoms with Gasteiger partial charge in [-0.05, 0) is 80.5 Å². The van der Waals surface area contributed by atoms with Gasteiger partial charge in [-0.2, -0.15) is 0 Å². The van der Waals surface area contributed by atoms with E-state index in [-0.39, 0.29) is 5.56 Å². The summed E-state index contributed by atoms with van der Waals surface area (Å²) in [6.45, 7) is 7.37. The topological polar surface area (TPSA) is 52.8 Å². The number of thiazole rings is 1. The highest BCUT2D eigenvalue weighted by atomic mass is 32.1. The van der Waals surface area contributed by atoms with E-state index in [2.05, 4.69) is 6.92 Å².